The number of hydrogen-bond acceptors (Lipinski definition) is 4. The van der Waals surface area contributed by atoms with Gasteiger partial charge in [-0.3, -0.25) is 4.68 Å². The standard InChI is InChI=1S/C17H28N6/c1-13-9-15(3)23(21-13)11-14(2)18-10-17-20-19-12-22(17)16-7-5-4-6-8-16/h9,12,14,16,18H,4-8,10-11H2,1-3H3/t14-/m0/s1. The summed E-state index contributed by atoms with van der Waals surface area (Å²) in [4.78, 5) is 0. The first-order valence-electron chi connectivity index (χ1n) is 8.76. The Bertz CT molecular complexity index is 623. The van der Waals surface area contributed by atoms with E-state index < -0.39 is 0 Å². The molecule has 23 heavy (non-hydrogen) atoms. The van der Waals surface area contributed by atoms with Crippen molar-refractivity contribution in [3.05, 3.63) is 29.6 Å². The van der Waals surface area contributed by atoms with E-state index in [2.05, 4.69) is 49.8 Å². The van der Waals surface area contributed by atoms with Gasteiger partial charge in [-0.05, 0) is 39.7 Å². The van der Waals surface area contributed by atoms with Crippen molar-refractivity contribution in [1.82, 2.24) is 29.9 Å². The Morgan fingerprint density at radius 3 is 2.74 bits per heavy atom. The number of aryl methyl sites for hydroxylation is 2. The molecule has 2 aromatic heterocycles. The second kappa shape index (κ2) is 7.25. The fourth-order valence-corrected chi connectivity index (χ4v) is 3.51. The van der Waals surface area contributed by atoms with Crippen LogP contribution in [0.5, 0.6) is 0 Å². The average Bonchev–Trinajstić information content (AvgIpc) is 3.13. The van der Waals surface area contributed by atoms with Gasteiger partial charge in [-0.15, -0.1) is 10.2 Å². The lowest BCUT2D eigenvalue weighted by Crippen LogP contribution is -2.32. The van der Waals surface area contributed by atoms with Crippen LogP contribution < -0.4 is 5.32 Å². The van der Waals surface area contributed by atoms with Crippen LogP contribution in [0.25, 0.3) is 0 Å². The Labute approximate surface area is 138 Å². The zero-order chi connectivity index (χ0) is 16.2. The number of aromatic nitrogens is 5. The molecule has 0 bridgehead atoms. The SMILES string of the molecule is Cc1cc(C)n(C[C@H](C)NCc2nncn2C2CCCCC2)n1. The first kappa shape index (κ1) is 16.2. The van der Waals surface area contributed by atoms with Crippen LogP contribution in [0.1, 0.15) is 62.3 Å². The maximum absolute atomic E-state index is 4.53. The van der Waals surface area contributed by atoms with E-state index in [1.165, 1.54) is 37.8 Å². The van der Waals surface area contributed by atoms with Gasteiger partial charge < -0.3 is 9.88 Å². The summed E-state index contributed by atoms with van der Waals surface area (Å²) in [5.74, 6) is 1.05. The highest BCUT2D eigenvalue weighted by molar-refractivity contribution is 5.06. The molecule has 6 nitrogen and oxygen atoms in total. The Kier molecular flexibility index (Phi) is 5.10. The highest BCUT2D eigenvalue weighted by Gasteiger charge is 2.18. The van der Waals surface area contributed by atoms with Gasteiger partial charge in [0.25, 0.3) is 0 Å². The molecule has 3 rings (SSSR count). The molecule has 0 radical (unpaired) electrons. The highest BCUT2D eigenvalue weighted by Crippen LogP contribution is 2.28. The van der Waals surface area contributed by atoms with E-state index in [-0.39, 0.29) is 0 Å². The number of rotatable bonds is 6. The summed E-state index contributed by atoms with van der Waals surface area (Å²) in [6, 6.07) is 3.04. The molecule has 2 aromatic rings. The van der Waals surface area contributed by atoms with E-state index >= 15 is 0 Å². The topological polar surface area (TPSA) is 60.6 Å². The molecule has 1 N–H and O–H groups in total. The van der Waals surface area contributed by atoms with E-state index in [0.717, 1.165) is 24.6 Å². The maximum Gasteiger partial charge on any atom is 0.147 e. The minimum absolute atomic E-state index is 0.338. The summed E-state index contributed by atoms with van der Waals surface area (Å²) in [6.45, 7) is 7.96. The van der Waals surface area contributed by atoms with Crippen LogP contribution in [0.2, 0.25) is 0 Å². The van der Waals surface area contributed by atoms with Crippen molar-refractivity contribution >= 4 is 0 Å². The molecule has 0 aliphatic heterocycles. The van der Waals surface area contributed by atoms with Crippen molar-refractivity contribution in [3.8, 4) is 0 Å². The van der Waals surface area contributed by atoms with Gasteiger partial charge in [-0.25, -0.2) is 0 Å². The van der Waals surface area contributed by atoms with Crippen molar-refractivity contribution in [1.29, 1.82) is 0 Å². The zero-order valence-electron chi connectivity index (χ0n) is 14.5. The van der Waals surface area contributed by atoms with Crippen molar-refractivity contribution in [3.63, 3.8) is 0 Å². The second-order valence-electron chi connectivity index (χ2n) is 6.84. The van der Waals surface area contributed by atoms with E-state index in [4.69, 9.17) is 0 Å². The predicted octanol–water partition coefficient (Wildman–Crippen LogP) is 2.77. The van der Waals surface area contributed by atoms with Gasteiger partial charge in [0.2, 0.25) is 0 Å². The second-order valence-corrected chi connectivity index (χ2v) is 6.84. The van der Waals surface area contributed by atoms with Crippen molar-refractivity contribution < 1.29 is 0 Å². The number of hydrogen-bond donors (Lipinski definition) is 1. The fourth-order valence-electron chi connectivity index (χ4n) is 3.51. The van der Waals surface area contributed by atoms with E-state index in [0.29, 0.717) is 12.1 Å². The molecule has 1 fully saturated rings. The summed E-state index contributed by atoms with van der Waals surface area (Å²) in [7, 11) is 0. The van der Waals surface area contributed by atoms with Crippen molar-refractivity contribution in [2.75, 3.05) is 0 Å². The molecule has 1 saturated carbocycles. The minimum atomic E-state index is 0.338. The molecule has 0 amide bonds. The molecule has 1 aliphatic carbocycles. The van der Waals surface area contributed by atoms with Gasteiger partial charge in [0, 0.05) is 17.8 Å². The Morgan fingerprint density at radius 1 is 1.26 bits per heavy atom. The molecule has 0 unspecified atom stereocenters. The lowest BCUT2D eigenvalue weighted by atomic mass is 9.95. The first-order chi connectivity index (χ1) is 11.1. The lowest BCUT2D eigenvalue weighted by Gasteiger charge is -2.24. The Hall–Kier alpha value is -1.69. The van der Waals surface area contributed by atoms with E-state index in [1.54, 1.807) is 0 Å². The van der Waals surface area contributed by atoms with Crippen LogP contribution in [-0.4, -0.2) is 30.6 Å². The van der Waals surface area contributed by atoms with Crippen molar-refractivity contribution in [2.45, 2.75) is 78.0 Å². The van der Waals surface area contributed by atoms with Crippen LogP contribution in [-0.2, 0) is 13.1 Å². The third-order valence-electron chi connectivity index (χ3n) is 4.77. The number of nitrogens with one attached hydrogen (secondary N) is 1. The molecular weight excluding hydrogens is 288 g/mol. The average molecular weight is 316 g/mol. The monoisotopic (exact) mass is 316 g/mol. The molecule has 1 aliphatic rings. The normalized spacial score (nSPS) is 17.5. The number of nitrogens with zero attached hydrogens (tertiary/aromatic N) is 5. The lowest BCUT2D eigenvalue weighted by molar-refractivity contribution is 0.339. The van der Waals surface area contributed by atoms with Crippen molar-refractivity contribution in [2.24, 2.45) is 0 Å². The summed E-state index contributed by atoms with van der Waals surface area (Å²) < 4.78 is 4.35. The van der Waals surface area contributed by atoms with Gasteiger partial charge in [0.15, 0.2) is 0 Å². The van der Waals surface area contributed by atoms with Crippen LogP contribution in [0.15, 0.2) is 12.4 Å². The van der Waals surface area contributed by atoms with Crippen LogP contribution >= 0.6 is 0 Å². The van der Waals surface area contributed by atoms with E-state index in [1.807, 2.05) is 13.3 Å². The molecule has 0 saturated heterocycles. The Balaban J connectivity index is 1.56. The molecule has 0 spiro atoms. The highest BCUT2D eigenvalue weighted by atomic mass is 15.3. The minimum Gasteiger partial charge on any atom is -0.313 e. The molecule has 0 aromatic carbocycles. The fraction of sp³-hybridized carbons (Fsp3) is 0.706. The van der Waals surface area contributed by atoms with Gasteiger partial charge in [0.05, 0.1) is 18.8 Å². The van der Waals surface area contributed by atoms with Crippen LogP contribution in [0.3, 0.4) is 0 Å². The molecule has 1 atom stereocenters. The van der Waals surface area contributed by atoms with E-state index in [9.17, 15) is 0 Å². The molecule has 2 heterocycles. The third-order valence-corrected chi connectivity index (χ3v) is 4.77. The Morgan fingerprint density at radius 2 is 2.04 bits per heavy atom. The molecule has 126 valence electrons. The molecule has 6 heteroatoms. The van der Waals surface area contributed by atoms with Gasteiger partial charge >= 0.3 is 0 Å². The van der Waals surface area contributed by atoms with Gasteiger partial charge in [-0.1, -0.05) is 19.3 Å². The summed E-state index contributed by atoms with van der Waals surface area (Å²) in [6.07, 6.45) is 8.43. The largest absolute Gasteiger partial charge is 0.313 e. The molecular formula is C17H28N6. The van der Waals surface area contributed by atoms with Crippen LogP contribution in [0, 0.1) is 13.8 Å². The maximum atomic E-state index is 4.53. The quantitative estimate of drug-likeness (QED) is 0.890. The summed E-state index contributed by atoms with van der Waals surface area (Å²) in [5.41, 5.74) is 2.29. The van der Waals surface area contributed by atoms with Gasteiger partial charge in [-0.2, -0.15) is 5.10 Å². The third kappa shape index (κ3) is 3.99. The van der Waals surface area contributed by atoms with Gasteiger partial charge in [0.1, 0.15) is 12.2 Å². The zero-order valence-corrected chi connectivity index (χ0v) is 14.5. The van der Waals surface area contributed by atoms with Crippen LogP contribution in [0.4, 0.5) is 0 Å². The smallest absolute Gasteiger partial charge is 0.147 e. The first-order valence-corrected chi connectivity index (χ1v) is 8.76. The predicted molar refractivity (Wildman–Crippen MR) is 90.1 cm³/mol. The summed E-state index contributed by atoms with van der Waals surface area (Å²) in [5, 5.41) is 16.5. The summed E-state index contributed by atoms with van der Waals surface area (Å²) >= 11 is 0.